The van der Waals surface area contributed by atoms with Gasteiger partial charge in [-0.3, -0.25) is 0 Å². The van der Waals surface area contributed by atoms with Gasteiger partial charge in [-0.1, -0.05) is 22.2 Å². The second-order valence-electron chi connectivity index (χ2n) is 4.02. The number of hydrogen-bond acceptors (Lipinski definition) is 4. The van der Waals surface area contributed by atoms with Crippen molar-refractivity contribution in [3.8, 4) is 0 Å². The van der Waals surface area contributed by atoms with Gasteiger partial charge in [0.1, 0.15) is 5.82 Å². The molecule has 2 aromatic rings. The van der Waals surface area contributed by atoms with Crippen LogP contribution in [0.15, 0.2) is 18.2 Å². The number of benzene rings is 1. The molecule has 1 aromatic heterocycles. The molecule has 1 aromatic carbocycles. The van der Waals surface area contributed by atoms with Crippen LogP contribution in [0.1, 0.15) is 22.2 Å². The van der Waals surface area contributed by atoms with E-state index in [0.717, 1.165) is 16.1 Å². The second-order valence-corrected chi connectivity index (χ2v) is 5.21. The van der Waals surface area contributed by atoms with E-state index in [1.807, 2.05) is 20.0 Å². The van der Waals surface area contributed by atoms with Crippen LogP contribution in [-0.2, 0) is 6.42 Å². The Morgan fingerprint density at radius 3 is 2.83 bits per heavy atom. The van der Waals surface area contributed by atoms with Crippen LogP contribution in [-0.4, -0.2) is 16.6 Å². The standard InChI is InChI=1S/C12H13ClFN3S/c1-7-12(18-17-16-7)11(15-2)6-8-3-4-9(13)10(14)5-8/h3-5,11,15H,6H2,1-2H3. The third-order valence-electron chi connectivity index (χ3n) is 2.78. The number of halogens is 2. The summed E-state index contributed by atoms with van der Waals surface area (Å²) >= 11 is 7.03. The first-order chi connectivity index (χ1) is 8.61. The van der Waals surface area contributed by atoms with Gasteiger partial charge in [0.05, 0.1) is 15.6 Å². The maximum Gasteiger partial charge on any atom is 0.142 e. The van der Waals surface area contributed by atoms with E-state index in [2.05, 4.69) is 14.9 Å². The van der Waals surface area contributed by atoms with Gasteiger partial charge >= 0.3 is 0 Å². The second kappa shape index (κ2) is 5.73. The maximum absolute atomic E-state index is 13.4. The van der Waals surface area contributed by atoms with E-state index in [1.54, 1.807) is 6.07 Å². The summed E-state index contributed by atoms with van der Waals surface area (Å²) < 4.78 is 17.3. The highest BCUT2D eigenvalue weighted by atomic mass is 35.5. The van der Waals surface area contributed by atoms with E-state index in [9.17, 15) is 4.39 Å². The Hall–Kier alpha value is -1.04. The van der Waals surface area contributed by atoms with Crippen molar-refractivity contribution in [2.45, 2.75) is 19.4 Å². The highest BCUT2D eigenvalue weighted by molar-refractivity contribution is 7.05. The molecule has 6 heteroatoms. The molecule has 2 rings (SSSR count). The van der Waals surface area contributed by atoms with E-state index >= 15 is 0 Å². The molecular formula is C12H13ClFN3S. The number of aryl methyl sites for hydroxylation is 1. The molecule has 0 radical (unpaired) electrons. The summed E-state index contributed by atoms with van der Waals surface area (Å²) in [4.78, 5) is 1.08. The summed E-state index contributed by atoms with van der Waals surface area (Å²) in [5, 5.41) is 7.34. The fourth-order valence-electron chi connectivity index (χ4n) is 1.78. The van der Waals surface area contributed by atoms with E-state index in [0.29, 0.717) is 6.42 Å². The van der Waals surface area contributed by atoms with Crippen molar-refractivity contribution in [3.05, 3.63) is 45.2 Å². The quantitative estimate of drug-likeness (QED) is 0.938. The number of nitrogens with zero attached hydrogens (tertiary/aromatic N) is 2. The van der Waals surface area contributed by atoms with Gasteiger partial charge in [0, 0.05) is 6.04 Å². The molecule has 1 heterocycles. The lowest BCUT2D eigenvalue weighted by Gasteiger charge is -2.14. The van der Waals surface area contributed by atoms with Crippen molar-refractivity contribution >= 4 is 23.1 Å². The van der Waals surface area contributed by atoms with Crippen LogP contribution in [0.3, 0.4) is 0 Å². The molecule has 0 amide bonds. The Morgan fingerprint density at radius 2 is 2.28 bits per heavy atom. The first-order valence-corrected chi connectivity index (χ1v) is 6.67. The molecule has 0 fully saturated rings. The summed E-state index contributed by atoms with van der Waals surface area (Å²) in [5.74, 6) is -0.386. The number of aromatic nitrogens is 2. The van der Waals surface area contributed by atoms with Crippen LogP contribution >= 0.6 is 23.1 Å². The molecule has 96 valence electrons. The van der Waals surface area contributed by atoms with Crippen molar-refractivity contribution in [3.63, 3.8) is 0 Å². The molecule has 3 nitrogen and oxygen atoms in total. The van der Waals surface area contributed by atoms with E-state index in [4.69, 9.17) is 11.6 Å². The van der Waals surface area contributed by atoms with Crippen LogP contribution in [0.5, 0.6) is 0 Å². The minimum absolute atomic E-state index is 0.0885. The van der Waals surface area contributed by atoms with Gasteiger partial charge in [-0.05, 0) is 49.6 Å². The summed E-state index contributed by atoms with van der Waals surface area (Å²) in [7, 11) is 1.87. The average molecular weight is 286 g/mol. The third kappa shape index (κ3) is 2.85. The monoisotopic (exact) mass is 285 g/mol. The molecule has 0 saturated carbocycles. The largest absolute Gasteiger partial charge is 0.312 e. The Kier molecular flexibility index (Phi) is 4.27. The number of rotatable bonds is 4. The van der Waals surface area contributed by atoms with Gasteiger partial charge in [0.2, 0.25) is 0 Å². The lowest BCUT2D eigenvalue weighted by Crippen LogP contribution is -2.18. The number of likely N-dealkylation sites (N-methyl/N-ethyl adjacent to an activating group) is 1. The van der Waals surface area contributed by atoms with Crippen LogP contribution < -0.4 is 5.32 Å². The molecule has 1 atom stereocenters. The van der Waals surface area contributed by atoms with Crippen LogP contribution in [0.4, 0.5) is 4.39 Å². The first kappa shape index (κ1) is 13.4. The Bertz CT molecular complexity index is 544. The van der Waals surface area contributed by atoms with Gasteiger partial charge in [-0.25, -0.2) is 4.39 Å². The van der Waals surface area contributed by atoms with Gasteiger partial charge in [0.25, 0.3) is 0 Å². The minimum Gasteiger partial charge on any atom is -0.312 e. The van der Waals surface area contributed by atoms with Crippen molar-refractivity contribution in [2.75, 3.05) is 7.05 Å². The number of nitrogens with one attached hydrogen (secondary N) is 1. The lowest BCUT2D eigenvalue weighted by atomic mass is 10.0. The predicted octanol–water partition coefficient (Wildman–Crippen LogP) is 3.14. The zero-order valence-corrected chi connectivity index (χ0v) is 11.6. The number of hydrogen-bond donors (Lipinski definition) is 1. The average Bonchev–Trinajstić information content (AvgIpc) is 2.77. The fourth-order valence-corrected chi connectivity index (χ4v) is 2.66. The molecule has 0 aliphatic heterocycles. The van der Waals surface area contributed by atoms with Crippen LogP contribution in [0.2, 0.25) is 5.02 Å². The van der Waals surface area contributed by atoms with Crippen molar-refractivity contribution < 1.29 is 4.39 Å². The predicted molar refractivity (Wildman–Crippen MR) is 71.6 cm³/mol. The van der Waals surface area contributed by atoms with Crippen LogP contribution in [0.25, 0.3) is 0 Å². The summed E-state index contributed by atoms with van der Waals surface area (Å²) in [6, 6.07) is 4.97. The minimum atomic E-state index is -0.386. The molecule has 0 aliphatic carbocycles. The SMILES string of the molecule is CNC(Cc1ccc(Cl)c(F)c1)c1snnc1C. The summed E-state index contributed by atoms with van der Waals surface area (Å²) in [5.41, 5.74) is 1.80. The fraction of sp³-hybridized carbons (Fsp3) is 0.333. The van der Waals surface area contributed by atoms with Gasteiger partial charge < -0.3 is 5.32 Å². The summed E-state index contributed by atoms with van der Waals surface area (Å²) in [6.45, 7) is 1.92. The van der Waals surface area contributed by atoms with E-state index in [1.165, 1.54) is 17.6 Å². The molecule has 18 heavy (non-hydrogen) atoms. The highest BCUT2D eigenvalue weighted by Crippen LogP contribution is 2.25. The normalized spacial score (nSPS) is 12.7. The Morgan fingerprint density at radius 1 is 1.50 bits per heavy atom. The molecule has 1 unspecified atom stereocenters. The van der Waals surface area contributed by atoms with Gasteiger partial charge in [-0.2, -0.15) is 0 Å². The smallest absolute Gasteiger partial charge is 0.142 e. The molecule has 0 saturated heterocycles. The maximum atomic E-state index is 13.4. The highest BCUT2D eigenvalue weighted by Gasteiger charge is 2.16. The first-order valence-electron chi connectivity index (χ1n) is 5.52. The van der Waals surface area contributed by atoms with E-state index < -0.39 is 0 Å². The van der Waals surface area contributed by atoms with E-state index in [-0.39, 0.29) is 16.9 Å². The zero-order chi connectivity index (χ0) is 13.1. The molecule has 0 spiro atoms. The van der Waals surface area contributed by atoms with Crippen molar-refractivity contribution in [1.29, 1.82) is 0 Å². The topological polar surface area (TPSA) is 37.8 Å². The molecule has 0 aliphatic rings. The third-order valence-corrected chi connectivity index (χ3v) is 4.02. The van der Waals surface area contributed by atoms with Gasteiger partial charge in [-0.15, -0.1) is 5.10 Å². The Labute approximate surface area is 114 Å². The molecule has 1 N–H and O–H groups in total. The van der Waals surface area contributed by atoms with Crippen LogP contribution in [0, 0.1) is 12.7 Å². The molecule has 0 bridgehead atoms. The lowest BCUT2D eigenvalue weighted by molar-refractivity contribution is 0.589. The van der Waals surface area contributed by atoms with Gasteiger partial charge in [0.15, 0.2) is 0 Å². The Balaban J connectivity index is 2.20. The zero-order valence-electron chi connectivity index (χ0n) is 10.1. The van der Waals surface area contributed by atoms with Crippen molar-refractivity contribution in [1.82, 2.24) is 14.9 Å². The molecular weight excluding hydrogens is 273 g/mol. The summed E-state index contributed by atoms with van der Waals surface area (Å²) in [6.07, 6.45) is 0.676. The van der Waals surface area contributed by atoms with Crippen molar-refractivity contribution in [2.24, 2.45) is 0 Å².